The first-order valence-electron chi connectivity index (χ1n) is 6.80. The van der Waals surface area contributed by atoms with Crippen molar-refractivity contribution in [1.29, 1.82) is 0 Å². The van der Waals surface area contributed by atoms with Gasteiger partial charge in [-0.05, 0) is 45.1 Å². The van der Waals surface area contributed by atoms with E-state index in [1.165, 1.54) is 18.2 Å². The second-order valence-electron chi connectivity index (χ2n) is 5.37. The summed E-state index contributed by atoms with van der Waals surface area (Å²) in [6.45, 7) is 1.89. The second-order valence-corrected chi connectivity index (χ2v) is 5.78. The van der Waals surface area contributed by atoms with Crippen molar-refractivity contribution >= 4 is 23.2 Å². The lowest BCUT2D eigenvalue weighted by atomic mass is 10.0. The van der Waals surface area contributed by atoms with Gasteiger partial charge in [-0.1, -0.05) is 11.6 Å². The van der Waals surface area contributed by atoms with Crippen LogP contribution in [0, 0.1) is 10.1 Å². The molecule has 6 nitrogen and oxygen atoms in total. The summed E-state index contributed by atoms with van der Waals surface area (Å²) in [7, 11) is 3.80. The predicted octanol–water partition coefficient (Wildman–Crippen LogP) is 2.41. The lowest BCUT2D eigenvalue weighted by Crippen LogP contribution is -2.44. The molecule has 2 rings (SSSR count). The summed E-state index contributed by atoms with van der Waals surface area (Å²) in [6.07, 6.45) is 1.82. The molecule has 1 fully saturated rings. The van der Waals surface area contributed by atoms with Crippen molar-refractivity contribution in [3.05, 3.63) is 38.9 Å². The summed E-state index contributed by atoms with van der Waals surface area (Å²) < 4.78 is 0. The lowest BCUT2D eigenvalue weighted by molar-refractivity contribution is -0.384. The van der Waals surface area contributed by atoms with E-state index in [9.17, 15) is 14.9 Å². The van der Waals surface area contributed by atoms with E-state index in [4.69, 9.17) is 11.6 Å². The van der Waals surface area contributed by atoms with Crippen molar-refractivity contribution < 1.29 is 9.72 Å². The maximum atomic E-state index is 12.5. The summed E-state index contributed by atoms with van der Waals surface area (Å²) in [5, 5.41) is 10.9. The molecule has 1 aliphatic rings. The Morgan fingerprint density at radius 3 is 2.62 bits per heavy atom. The molecule has 1 amide bonds. The number of carbonyl (C=O) groups is 1. The van der Waals surface area contributed by atoms with Gasteiger partial charge in [-0.2, -0.15) is 0 Å². The molecular formula is C14H18ClN3O3. The summed E-state index contributed by atoms with van der Waals surface area (Å²) in [6, 6.07) is 4.35. The minimum Gasteiger partial charge on any atom is -0.339 e. The molecular weight excluding hydrogens is 294 g/mol. The zero-order chi connectivity index (χ0) is 15.6. The summed E-state index contributed by atoms with van der Waals surface area (Å²) in [5.41, 5.74) is 0.0619. The highest BCUT2D eigenvalue weighted by Crippen LogP contribution is 2.26. The van der Waals surface area contributed by atoms with Gasteiger partial charge in [0.2, 0.25) is 0 Å². The van der Waals surface area contributed by atoms with Crippen molar-refractivity contribution in [2.45, 2.75) is 18.9 Å². The number of hydrogen-bond acceptors (Lipinski definition) is 4. The van der Waals surface area contributed by atoms with Crippen molar-refractivity contribution in [3.63, 3.8) is 0 Å². The van der Waals surface area contributed by atoms with Gasteiger partial charge in [0, 0.05) is 24.7 Å². The van der Waals surface area contributed by atoms with Crippen molar-refractivity contribution in [2.24, 2.45) is 0 Å². The third kappa shape index (κ3) is 3.51. The van der Waals surface area contributed by atoms with E-state index in [-0.39, 0.29) is 22.7 Å². The molecule has 0 bridgehead atoms. The van der Waals surface area contributed by atoms with E-state index < -0.39 is 4.92 Å². The van der Waals surface area contributed by atoms with Crippen LogP contribution >= 0.6 is 11.6 Å². The number of carbonyl (C=O) groups excluding carboxylic acids is 1. The maximum absolute atomic E-state index is 12.5. The maximum Gasteiger partial charge on any atom is 0.288 e. The van der Waals surface area contributed by atoms with Gasteiger partial charge in [0.1, 0.15) is 5.02 Å². The fraction of sp³-hybridized carbons (Fsp3) is 0.500. The number of piperidine rings is 1. The van der Waals surface area contributed by atoms with Gasteiger partial charge in [0.25, 0.3) is 11.6 Å². The average molecular weight is 312 g/mol. The van der Waals surface area contributed by atoms with Crippen LogP contribution in [0.5, 0.6) is 0 Å². The minimum absolute atomic E-state index is 0.0403. The molecule has 0 N–H and O–H groups in total. The molecule has 114 valence electrons. The Morgan fingerprint density at radius 1 is 1.43 bits per heavy atom. The largest absolute Gasteiger partial charge is 0.339 e. The number of nitro groups is 1. The van der Waals surface area contributed by atoms with Crippen LogP contribution in [0.2, 0.25) is 5.02 Å². The number of benzene rings is 1. The van der Waals surface area contributed by atoms with Gasteiger partial charge in [-0.3, -0.25) is 14.9 Å². The Hall–Kier alpha value is -1.66. The van der Waals surface area contributed by atoms with Crippen LogP contribution in [-0.4, -0.2) is 53.9 Å². The third-order valence-electron chi connectivity index (χ3n) is 3.95. The van der Waals surface area contributed by atoms with E-state index in [0.29, 0.717) is 5.56 Å². The highest BCUT2D eigenvalue weighted by Gasteiger charge is 2.26. The Labute approximate surface area is 128 Å². The van der Waals surface area contributed by atoms with Gasteiger partial charge in [0.05, 0.1) is 4.92 Å². The Kier molecular flexibility index (Phi) is 4.80. The Morgan fingerprint density at radius 2 is 2.05 bits per heavy atom. The standard InChI is InChI=1S/C14H18ClN3O3/c1-16-7-5-11(6-8-16)17(2)14(19)10-3-4-12(15)13(9-10)18(20)21/h3-4,9,11H,5-8H2,1-2H3. The first-order valence-corrected chi connectivity index (χ1v) is 7.17. The molecule has 0 spiro atoms. The highest BCUT2D eigenvalue weighted by molar-refractivity contribution is 6.32. The van der Waals surface area contributed by atoms with Crippen LogP contribution in [0.25, 0.3) is 0 Å². The fourth-order valence-electron chi connectivity index (χ4n) is 2.54. The molecule has 1 aromatic rings. The van der Waals surface area contributed by atoms with Crippen LogP contribution in [0.3, 0.4) is 0 Å². The molecule has 21 heavy (non-hydrogen) atoms. The minimum atomic E-state index is -0.575. The normalized spacial score (nSPS) is 16.7. The van der Waals surface area contributed by atoms with Gasteiger partial charge in [-0.25, -0.2) is 0 Å². The Balaban J connectivity index is 2.16. The first kappa shape index (κ1) is 15.7. The Bertz CT molecular complexity index is 556. The quantitative estimate of drug-likeness (QED) is 0.635. The smallest absolute Gasteiger partial charge is 0.288 e. The third-order valence-corrected chi connectivity index (χ3v) is 4.27. The van der Waals surface area contributed by atoms with E-state index in [0.717, 1.165) is 25.9 Å². The molecule has 0 radical (unpaired) electrons. The van der Waals surface area contributed by atoms with Gasteiger partial charge >= 0.3 is 0 Å². The zero-order valence-corrected chi connectivity index (χ0v) is 12.8. The van der Waals surface area contributed by atoms with Crippen LogP contribution < -0.4 is 0 Å². The molecule has 0 saturated carbocycles. The van der Waals surface area contributed by atoms with Crippen LogP contribution in [0.1, 0.15) is 23.2 Å². The van der Waals surface area contributed by atoms with Crippen molar-refractivity contribution in [3.8, 4) is 0 Å². The molecule has 0 atom stereocenters. The number of nitrogens with zero attached hydrogens (tertiary/aromatic N) is 3. The summed E-state index contributed by atoms with van der Waals surface area (Å²) in [5.74, 6) is -0.204. The second kappa shape index (κ2) is 6.41. The van der Waals surface area contributed by atoms with Gasteiger partial charge in [-0.15, -0.1) is 0 Å². The van der Waals surface area contributed by atoms with Crippen LogP contribution in [0.15, 0.2) is 18.2 Å². The number of halogens is 1. The van der Waals surface area contributed by atoms with Crippen molar-refractivity contribution in [1.82, 2.24) is 9.80 Å². The molecule has 1 aliphatic heterocycles. The summed E-state index contributed by atoms with van der Waals surface area (Å²) >= 11 is 5.77. The van der Waals surface area contributed by atoms with Crippen LogP contribution in [0.4, 0.5) is 5.69 Å². The molecule has 1 heterocycles. The highest BCUT2D eigenvalue weighted by atomic mass is 35.5. The predicted molar refractivity (Wildman–Crippen MR) is 80.7 cm³/mol. The van der Waals surface area contributed by atoms with E-state index in [1.807, 2.05) is 0 Å². The molecule has 0 aliphatic carbocycles. The van der Waals surface area contributed by atoms with Crippen molar-refractivity contribution in [2.75, 3.05) is 27.2 Å². The zero-order valence-electron chi connectivity index (χ0n) is 12.1. The van der Waals surface area contributed by atoms with E-state index in [1.54, 1.807) is 11.9 Å². The van der Waals surface area contributed by atoms with E-state index >= 15 is 0 Å². The summed E-state index contributed by atoms with van der Waals surface area (Å²) in [4.78, 5) is 26.7. The molecule has 0 aromatic heterocycles. The lowest BCUT2D eigenvalue weighted by Gasteiger charge is -2.35. The van der Waals surface area contributed by atoms with Gasteiger partial charge in [0.15, 0.2) is 0 Å². The monoisotopic (exact) mass is 311 g/mol. The van der Waals surface area contributed by atoms with Gasteiger partial charge < -0.3 is 9.80 Å². The number of amides is 1. The average Bonchev–Trinajstić information content (AvgIpc) is 2.46. The number of rotatable bonds is 3. The SMILES string of the molecule is CN1CCC(N(C)C(=O)c2ccc(Cl)c([N+](=O)[O-])c2)CC1. The molecule has 7 heteroatoms. The first-order chi connectivity index (χ1) is 9.90. The number of likely N-dealkylation sites (tertiary alicyclic amines) is 1. The molecule has 1 saturated heterocycles. The number of nitro benzene ring substituents is 1. The van der Waals surface area contributed by atoms with Crippen LogP contribution in [-0.2, 0) is 0 Å². The molecule has 1 aromatic carbocycles. The fourth-order valence-corrected chi connectivity index (χ4v) is 2.72. The van der Waals surface area contributed by atoms with E-state index in [2.05, 4.69) is 11.9 Å². The molecule has 0 unspecified atom stereocenters. The topological polar surface area (TPSA) is 66.7 Å². The number of hydrogen-bond donors (Lipinski definition) is 0.